The van der Waals surface area contributed by atoms with Crippen molar-refractivity contribution in [1.29, 1.82) is 0 Å². The molecule has 1 unspecified atom stereocenters. The lowest BCUT2D eigenvalue weighted by Gasteiger charge is -2.33. The van der Waals surface area contributed by atoms with E-state index in [1.807, 2.05) is 35.2 Å². The summed E-state index contributed by atoms with van der Waals surface area (Å²) < 4.78 is 28.6. The Morgan fingerprint density at radius 1 is 1.11 bits per heavy atom. The Balaban J connectivity index is 1.58. The van der Waals surface area contributed by atoms with Crippen molar-refractivity contribution in [2.45, 2.75) is 64.5 Å². The van der Waals surface area contributed by atoms with Crippen molar-refractivity contribution < 1.29 is 18.7 Å². The molecule has 1 aromatic heterocycles. The molecule has 0 spiro atoms. The number of para-hydroxylation sites is 2. The Kier molecular flexibility index (Phi) is 7.37. The normalized spacial score (nSPS) is 17.8. The number of benzene rings is 2. The lowest BCUT2D eigenvalue weighted by Crippen LogP contribution is -2.42. The summed E-state index contributed by atoms with van der Waals surface area (Å²) in [5.74, 6) is 0.425. The van der Waals surface area contributed by atoms with E-state index in [9.17, 15) is 9.18 Å². The van der Waals surface area contributed by atoms with Gasteiger partial charge in [0, 0.05) is 19.1 Å². The fraction of sp³-hybridized carbons (Fsp3) is 0.448. The number of carbonyl (C=O) groups excluding carboxylic acids is 1. The highest BCUT2D eigenvalue weighted by molar-refractivity contribution is 5.79. The van der Waals surface area contributed by atoms with Crippen LogP contribution in [-0.2, 0) is 16.1 Å². The maximum atomic E-state index is 14.7. The van der Waals surface area contributed by atoms with Crippen LogP contribution in [0.15, 0.2) is 54.6 Å². The lowest BCUT2D eigenvalue weighted by molar-refractivity contribution is -0.140. The number of nitrogens with zero attached hydrogens (tertiary/aromatic N) is 3. The standard InChI is InChI=1S/C29H34FN3O3/c1-20(2)27-24(19-32(18-23-14-9-17-35-23)28(34)21-10-8-11-21)29(36-26-16-7-6-15-25(26)30)33(31-27)22-12-4-3-5-13-22/h3-7,12-13,15-16,20-21,23H,8-11,14,17-19H2,1-2H3. The minimum atomic E-state index is -0.447. The molecule has 1 saturated carbocycles. The number of aromatic nitrogens is 2. The van der Waals surface area contributed by atoms with Crippen LogP contribution in [0.25, 0.3) is 5.69 Å². The number of hydrogen-bond acceptors (Lipinski definition) is 4. The van der Waals surface area contributed by atoms with E-state index in [1.54, 1.807) is 22.9 Å². The first-order valence-corrected chi connectivity index (χ1v) is 13.0. The Hall–Kier alpha value is -3.19. The Morgan fingerprint density at radius 2 is 1.86 bits per heavy atom. The summed E-state index contributed by atoms with van der Waals surface area (Å²) >= 11 is 0. The molecule has 0 radical (unpaired) electrons. The van der Waals surface area contributed by atoms with Crippen LogP contribution >= 0.6 is 0 Å². The first-order chi connectivity index (χ1) is 17.5. The first-order valence-electron chi connectivity index (χ1n) is 13.0. The van der Waals surface area contributed by atoms with Crippen molar-refractivity contribution in [3.63, 3.8) is 0 Å². The molecule has 2 aliphatic rings. The van der Waals surface area contributed by atoms with Crippen LogP contribution in [0.3, 0.4) is 0 Å². The second kappa shape index (κ2) is 10.8. The van der Waals surface area contributed by atoms with E-state index < -0.39 is 5.82 Å². The molecule has 6 nitrogen and oxygen atoms in total. The van der Waals surface area contributed by atoms with Gasteiger partial charge in [0.2, 0.25) is 11.8 Å². The number of halogens is 1. The van der Waals surface area contributed by atoms with Crippen LogP contribution in [-0.4, -0.2) is 39.8 Å². The van der Waals surface area contributed by atoms with Gasteiger partial charge in [0.15, 0.2) is 11.6 Å². The fourth-order valence-corrected chi connectivity index (χ4v) is 4.91. The van der Waals surface area contributed by atoms with Crippen molar-refractivity contribution in [2.24, 2.45) is 5.92 Å². The van der Waals surface area contributed by atoms with Crippen molar-refractivity contribution in [2.75, 3.05) is 13.2 Å². The summed E-state index contributed by atoms with van der Waals surface area (Å²) in [6.07, 6.45) is 4.96. The van der Waals surface area contributed by atoms with Crippen LogP contribution in [0.5, 0.6) is 11.6 Å². The van der Waals surface area contributed by atoms with Gasteiger partial charge in [0.1, 0.15) is 0 Å². The third kappa shape index (κ3) is 5.16. The average molecular weight is 492 g/mol. The first kappa shape index (κ1) is 24.5. The predicted octanol–water partition coefficient (Wildman–Crippen LogP) is 6.23. The molecule has 5 rings (SSSR count). The summed E-state index contributed by atoms with van der Waals surface area (Å²) in [4.78, 5) is 15.5. The fourth-order valence-electron chi connectivity index (χ4n) is 4.91. The minimum Gasteiger partial charge on any atom is -0.435 e. The molecule has 1 atom stereocenters. The van der Waals surface area contributed by atoms with Crippen molar-refractivity contribution >= 4 is 5.91 Å². The molecule has 190 valence electrons. The van der Waals surface area contributed by atoms with Gasteiger partial charge in [-0.3, -0.25) is 4.79 Å². The number of rotatable bonds is 9. The van der Waals surface area contributed by atoms with Crippen LogP contribution in [0.2, 0.25) is 0 Å². The minimum absolute atomic E-state index is 0.0385. The SMILES string of the molecule is CC(C)c1nn(-c2ccccc2)c(Oc2ccccc2F)c1CN(CC1CCCO1)C(=O)C1CCC1. The van der Waals surface area contributed by atoms with E-state index in [-0.39, 0.29) is 29.6 Å². The van der Waals surface area contributed by atoms with E-state index in [1.165, 1.54) is 6.07 Å². The van der Waals surface area contributed by atoms with E-state index in [2.05, 4.69) is 13.8 Å². The highest BCUT2D eigenvalue weighted by Crippen LogP contribution is 2.37. The molecule has 3 aromatic rings. The Bertz CT molecular complexity index is 1180. The van der Waals surface area contributed by atoms with Gasteiger partial charge in [-0.2, -0.15) is 5.10 Å². The number of amides is 1. The van der Waals surface area contributed by atoms with Gasteiger partial charge >= 0.3 is 0 Å². The van der Waals surface area contributed by atoms with Gasteiger partial charge < -0.3 is 14.4 Å². The molecule has 36 heavy (non-hydrogen) atoms. The topological polar surface area (TPSA) is 56.6 Å². The number of ether oxygens (including phenoxy) is 2. The van der Waals surface area contributed by atoms with E-state index in [4.69, 9.17) is 14.6 Å². The molecule has 7 heteroatoms. The van der Waals surface area contributed by atoms with Crippen molar-refractivity contribution in [3.05, 3.63) is 71.7 Å². The van der Waals surface area contributed by atoms with Crippen LogP contribution in [0.4, 0.5) is 4.39 Å². The monoisotopic (exact) mass is 491 g/mol. The zero-order valence-electron chi connectivity index (χ0n) is 21.0. The number of carbonyl (C=O) groups is 1. The average Bonchev–Trinajstić information content (AvgIpc) is 3.48. The molecule has 0 N–H and O–H groups in total. The lowest BCUT2D eigenvalue weighted by atomic mass is 9.84. The zero-order chi connectivity index (χ0) is 25.1. The van der Waals surface area contributed by atoms with E-state index in [0.717, 1.165) is 55.7 Å². The highest BCUT2D eigenvalue weighted by atomic mass is 19.1. The maximum Gasteiger partial charge on any atom is 0.228 e. The van der Waals surface area contributed by atoms with Gasteiger partial charge in [-0.25, -0.2) is 9.07 Å². The highest BCUT2D eigenvalue weighted by Gasteiger charge is 2.34. The molecule has 1 amide bonds. The summed E-state index contributed by atoms with van der Waals surface area (Å²) in [5, 5.41) is 4.93. The maximum absolute atomic E-state index is 14.7. The third-order valence-electron chi connectivity index (χ3n) is 7.12. The molecular weight excluding hydrogens is 457 g/mol. The van der Waals surface area contributed by atoms with Crippen LogP contribution in [0.1, 0.15) is 63.1 Å². The Labute approximate surface area is 212 Å². The summed E-state index contributed by atoms with van der Waals surface area (Å²) in [6.45, 7) is 5.78. The smallest absolute Gasteiger partial charge is 0.228 e. The molecule has 2 aromatic carbocycles. The quantitative estimate of drug-likeness (QED) is 0.356. The van der Waals surface area contributed by atoms with E-state index in [0.29, 0.717) is 19.0 Å². The third-order valence-corrected chi connectivity index (χ3v) is 7.12. The molecule has 1 saturated heterocycles. The molecule has 2 fully saturated rings. The molecule has 0 bridgehead atoms. The molecule has 1 aliphatic carbocycles. The molecule has 2 heterocycles. The Morgan fingerprint density at radius 3 is 2.50 bits per heavy atom. The zero-order valence-corrected chi connectivity index (χ0v) is 21.0. The van der Waals surface area contributed by atoms with Crippen molar-refractivity contribution in [1.82, 2.24) is 14.7 Å². The van der Waals surface area contributed by atoms with Crippen LogP contribution < -0.4 is 4.74 Å². The molecular formula is C29H34FN3O3. The van der Waals surface area contributed by atoms with E-state index >= 15 is 0 Å². The summed E-state index contributed by atoms with van der Waals surface area (Å²) in [6, 6.07) is 16.1. The molecule has 1 aliphatic heterocycles. The van der Waals surface area contributed by atoms with Gasteiger partial charge in [-0.15, -0.1) is 0 Å². The summed E-state index contributed by atoms with van der Waals surface area (Å²) in [7, 11) is 0. The van der Waals surface area contributed by atoms with Gasteiger partial charge in [-0.1, -0.05) is 50.6 Å². The second-order valence-electron chi connectivity index (χ2n) is 10.1. The second-order valence-corrected chi connectivity index (χ2v) is 10.1. The van der Waals surface area contributed by atoms with Crippen LogP contribution in [0, 0.1) is 11.7 Å². The van der Waals surface area contributed by atoms with Gasteiger partial charge in [0.05, 0.1) is 29.6 Å². The predicted molar refractivity (Wildman–Crippen MR) is 136 cm³/mol. The van der Waals surface area contributed by atoms with Gasteiger partial charge in [0.25, 0.3) is 0 Å². The van der Waals surface area contributed by atoms with Gasteiger partial charge in [-0.05, 0) is 55.9 Å². The summed E-state index contributed by atoms with van der Waals surface area (Å²) in [5.41, 5.74) is 2.46. The number of hydrogen-bond donors (Lipinski definition) is 0. The van der Waals surface area contributed by atoms with Crippen molar-refractivity contribution in [3.8, 4) is 17.3 Å². The largest absolute Gasteiger partial charge is 0.435 e.